The van der Waals surface area contributed by atoms with Crippen LogP contribution in [0.5, 0.6) is 0 Å². The number of benzene rings is 7. The van der Waals surface area contributed by atoms with Crippen molar-refractivity contribution in [2.24, 2.45) is 0 Å². The van der Waals surface area contributed by atoms with Crippen LogP contribution in [-0.4, -0.2) is 0 Å². The summed E-state index contributed by atoms with van der Waals surface area (Å²) in [6.07, 6.45) is 0. The predicted molar refractivity (Wildman–Crippen MR) is 187 cm³/mol. The molecule has 0 amide bonds. The highest BCUT2D eigenvalue weighted by atomic mass is 15.1. The molecule has 0 atom stereocenters. The third kappa shape index (κ3) is 6.01. The predicted octanol–water partition coefficient (Wildman–Crippen LogP) is 11.9. The summed E-state index contributed by atoms with van der Waals surface area (Å²) in [6.45, 7) is 0. The van der Waals surface area contributed by atoms with E-state index in [-0.39, 0.29) is 0 Å². The number of nitrogens with zero attached hydrogens (tertiary/aromatic N) is 1. The van der Waals surface area contributed by atoms with Gasteiger partial charge in [-0.3, -0.25) is 0 Å². The van der Waals surface area contributed by atoms with Crippen molar-refractivity contribution in [2.45, 2.75) is 0 Å². The number of anilines is 5. The van der Waals surface area contributed by atoms with E-state index in [0.717, 1.165) is 28.4 Å². The van der Waals surface area contributed by atoms with Gasteiger partial charge in [0.15, 0.2) is 0 Å². The molecule has 0 aliphatic heterocycles. The molecular formula is C42H32N2. The number of hydrogen-bond acceptors (Lipinski definition) is 2. The Hall–Kier alpha value is -5.86. The van der Waals surface area contributed by atoms with Crippen LogP contribution in [0.4, 0.5) is 28.4 Å². The van der Waals surface area contributed by atoms with E-state index in [4.69, 9.17) is 0 Å². The van der Waals surface area contributed by atoms with Gasteiger partial charge < -0.3 is 10.2 Å². The first-order chi connectivity index (χ1) is 21.8. The maximum Gasteiger partial charge on any atom is 0.0462 e. The Morgan fingerprint density at radius 1 is 0.250 bits per heavy atom. The lowest BCUT2D eigenvalue weighted by Gasteiger charge is -2.26. The Bertz CT molecular complexity index is 1910. The molecule has 7 aromatic rings. The molecule has 0 aromatic heterocycles. The zero-order chi connectivity index (χ0) is 29.6. The largest absolute Gasteiger partial charge is 0.356 e. The van der Waals surface area contributed by atoms with Crippen molar-refractivity contribution < 1.29 is 0 Å². The van der Waals surface area contributed by atoms with Gasteiger partial charge in [-0.25, -0.2) is 0 Å². The molecule has 7 aromatic carbocycles. The van der Waals surface area contributed by atoms with E-state index < -0.39 is 0 Å². The summed E-state index contributed by atoms with van der Waals surface area (Å²) in [6, 6.07) is 66.3. The van der Waals surface area contributed by atoms with Gasteiger partial charge in [0.25, 0.3) is 0 Å². The summed E-state index contributed by atoms with van der Waals surface area (Å²) in [5, 5.41) is 3.46. The molecule has 2 nitrogen and oxygen atoms in total. The highest BCUT2D eigenvalue weighted by molar-refractivity contribution is 5.80. The molecule has 0 bridgehead atoms. The quantitative estimate of drug-likeness (QED) is 0.197. The average molecular weight is 565 g/mol. The molecule has 2 heteroatoms. The minimum Gasteiger partial charge on any atom is -0.356 e. The number of nitrogens with one attached hydrogen (secondary N) is 1. The van der Waals surface area contributed by atoms with Gasteiger partial charge in [-0.1, -0.05) is 127 Å². The van der Waals surface area contributed by atoms with Crippen LogP contribution in [0.15, 0.2) is 188 Å². The molecule has 44 heavy (non-hydrogen) atoms. The van der Waals surface area contributed by atoms with Crippen LogP contribution in [0.2, 0.25) is 0 Å². The Morgan fingerprint density at radius 2 is 0.545 bits per heavy atom. The van der Waals surface area contributed by atoms with E-state index in [1.807, 2.05) is 18.2 Å². The summed E-state index contributed by atoms with van der Waals surface area (Å²) in [5.41, 5.74) is 12.7. The molecule has 0 saturated heterocycles. The maximum absolute atomic E-state index is 3.46. The van der Waals surface area contributed by atoms with Gasteiger partial charge >= 0.3 is 0 Å². The lowest BCUT2D eigenvalue weighted by molar-refractivity contribution is 1.28. The van der Waals surface area contributed by atoms with E-state index >= 15 is 0 Å². The van der Waals surface area contributed by atoms with Gasteiger partial charge in [0, 0.05) is 28.4 Å². The Kier molecular flexibility index (Phi) is 7.71. The Labute approximate surface area is 259 Å². The van der Waals surface area contributed by atoms with Crippen LogP contribution >= 0.6 is 0 Å². The first-order valence-corrected chi connectivity index (χ1v) is 14.9. The van der Waals surface area contributed by atoms with Gasteiger partial charge in [-0.05, 0) is 94.0 Å². The third-order valence-electron chi connectivity index (χ3n) is 7.87. The van der Waals surface area contributed by atoms with Gasteiger partial charge in [0.2, 0.25) is 0 Å². The molecule has 7 rings (SSSR count). The molecule has 0 heterocycles. The smallest absolute Gasteiger partial charge is 0.0462 e. The molecular weight excluding hydrogens is 532 g/mol. The molecule has 210 valence electrons. The fourth-order valence-electron chi connectivity index (χ4n) is 5.55. The molecule has 0 aliphatic rings. The summed E-state index contributed by atoms with van der Waals surface area (Å²) >= 11 is 0. The topological polar surface area (TPSA) is 15.3 Å². The molecule has 0 spiro atoms. The molecule has 0 unspecified atom stereocenters. The lowest BCUT2D eigenvalue weighted by atomic mass is 10.00. The van der Waals surface area contributed by atoms with Crippen molar-refractivity contribution in [3.63, 3.8) is 0 Å². The van der Waals surface area contributed by atoms with E-state index in [1.165, 1.54) is 33.4 Å². The highest BCUT2D eigenvalue weighted by Gasteiger charge is 2.13. The zero-order valence-corrected chi connectivity index (χ0v) is 24.3. The summed E-state index contributed by atoms with van der Waals surface area (Å²) < 4.78 is 0. The second-order valence-electron chi connectivity index (χ2n) is 10.8. The van der Waals surface area contributed by atoms with E-state index in [0.29, 0.717) is 0 Å². The molecule has 0 saturated carbocycles. The van der Waals surface area contributed by atoms with E-state index in [2.05, 4.69) is 180 Å². The molecule has 0 fully saturated rings. The van der Waals surface area contributed by atoms with Crippen LogP contribution in [0, 0.1) is 0 Å². The summed E-state index contributed by atoms with van der Waals surface area (Å²) in [5.74, 6) is 0. The van der Waals surface area contributed by atoms with Crippen LogP contribution in [0.25, 0.3) is 33.4 Å². The monoisotopic (exact) mass is 564 g/mol. The first-order valence-electron chi connectivity index (χ1n) is 14.9. The fraction of sp³-hybridized carbons (Fsp3) is 0. The van der Waals surface area contributed by atoms with Crippen molar-refractivity contribution in [1.82, 2.24) is 0 Å². The second kappa shape index (κ2) is 12.6. The standard InChI is InChI=1S/C42H32N2/c1-4-10-32(11-5-1)33-16-18-34(19-17-33)36-22-28-41(29-23-36)44(40-14-8-3-9-15-40)42-30-24-37(25-31-42)35-20-26-39(27-21-35)43-38-12-6-2-7-13-38/h1-31,43H. The minimum atomic E-state index is 1.07. The fourth-order valence-corrected chi connectivity index (χ4v) is 5.55. The van der Waals surface area contributed by atoms with E-state index in [1.54, 1.807) is 0 Å². The normalized spacial score (nSPS) is 10.7. The Morgan fingerprint density at radius 3 is 1.00 bits per heavy atom. The second-order valence-corrected chi connectivity index (χ2v) is 10.8. The number of rotatable bonds is 8. The van der Waals surface area contributed by atoms with Gasteiger partial charge in [-0.15, -0.1) is 0 Å². The SMILES string of the molecule is c1ccc(Nc2ccc(-c3ccc(N(c4ccccc4)c4ccc(-c5ccc(-c6ccccc6)cc5)cc4)cc3)cc2)cc1. The van der Waals surface area contributed by atoms with Gasteiger partial charge in [0.1, 0.15) is 0 Å². The minimum absolute atomic E-state index is 1.07. The Balaban J connectivity index is 1.13. The van der Waals surface area contributed by atoms with Gasteiger partial charge in [-0.2, -0.15) is 0 Å². The molecule has 1 N–H and O–H groups in total. The van der Waals surface area contributed by atoms with Crippen LogP contribution < -0.4 is 10.2 Å². The average Bonchev–Trinajstić information content (AvgIpc) is 3.11. The molecule has 0 aliphatic carbocycles. The number of para-hydroxylation sites is 2. The molecule has 0 radical (unpaired) electrons. The van der Waals surface area contributed by atoms with Crippen molar-refractivity contribution in [1.29, 1.82) is 0 Å². The highest BCUT2D eigenvalue weighted by Crippen LogP contribution is 2.37. The van der Waals surface area contributed by atoms with Crippen molar-refractivity contribution in [3.05, 3.63) is 188 Å². The third-order valence-corrected chi connectivity index (χ3v) is 7.87. The van der Waals surface area contributed by atoms with Crippen molar-refractivity contribution in [3.8, 4) is 33.4 Å². The maximum atomic E-state index is 3.46. The summed E-state index contributed by atoms with van der Waals surface area (Å²) in [4.78, 5) is 2.30. The summed E-state index contributed by atoms with van der Waals surface area (Å²) in [7, 11) is 0. The van der Waals surface area contributed by atoms with Crippen LogP contribution in [0.3, 0.4) is 0 Å². The van der Waals surface area contributed by atoms with Crippen LogP contribution in [0.1, 0.15) is 0 Å². The zero-order valence-electron chi connectivity index (χ0n) is 24.3. The number of hydrogen-bond donors (Lipinski definition) is 1. The lowest BCUT2D eigenvalue weighted by Crippen LogP contribution is -2.09. The van der Waals surface area contributed by atoms with Crippen molar-refractivity contribution >= 4 is 28.4 Å². The van der Waals surface area contributed by atoms with Gasteiger partial charge in [0.05, 0.1) is 0 Å². The van der Waals surface area contributed by atoms with Crippen LogP contribution in [-0.2, 0) is 0 Å². The van der Waals surface area contributed by atoms with E-state index in [9.17, 15) is 0 Å². The first kappa shape index (κ1) is 27.0. The van der Waals surface area contributed by atoms with Crippen molar-refractivity contribution in [2.75, 3.05) is 10.2 Å².